The van der Waals surface area contributed by atoms with E-state index in [4.69, 9.17) is 10.5 Å². The van der Waals surface area contributed by atoms with E-state index in [1.54, 1.807) is 17.0 Å². The number of carbonyl (C=O) groups excluding carboxylic acids is 1. The quantitative estimate of drug-likeness (QED) is 0.315. The van der Waals surface area contributed by atoms with Gasteiger partial charge in [0.2, 0.25) is 17.7 Å². The molecule has 212 valence electrons. The molecule has 0 radical (unpaired) electrons. The number of hydrogen-bond acceptors (Lipinski definition) is 9. The number of aromatic nitrogens is 3. The smallest absolute Gasteiger partial charge is 0.264 e. The third-order valence-corrected chi connectivity index (χ3v) is 7.96. The predicted octanol–water partition coefficient (Wildman–Crippen LogP) is 3.20. The molecular formula is C27H25F2N7O4S. The van der Waals surface area contributed by atoms with Crippen molar-refractivity contribution in [1.82, 2.24) is 19.9 Å². The fourth-order valence-corrected chi connectivity index (χ4v) is 5.67. The molecule has 0 spiro atoms. The number of halogens is 2. The number of methoxy groups -OCH3 is 1. The van der Waals surface area contributed by atoms with Gasteiger partial charge in [-0.2, -0.15) is 4.98 Å². The Bertz CT molecular complexity index is 1780. The molecule has 14 heteroatoms. The number of sulfonamides is 1. The van der Waals surface area contributed by atoms with E-state index in [9.17, 15) is 22.0 Å². The van der Waals surface area contributed by atoms with Gasteiger partial charge in [-0.05, 0) is 42.0 Å². The van der Waals surface area contributed by atoms with E-state index in [-0.39, 0.29) is 23.4 Å². The van der Waals surface area contributed by atoms with Crippen molar-refractivity contribution in [1.29, 1.82) is 0 Å². The second-order valence-electron chi connectivity index (χ2n) is 9.11. The molecule has 2 aromatic carbocycles. The zero-order valence-electron chi connectivity index (χ0n) is 21.8. The van der Waals surface area contributed by atoms with Gasteiger partial charge in [0, 0.05) is 49.4 Å². The van der Waals surface area contributed by atoms with Gasteiger partial charge >= 0.3 is 0 Å². The third kappa shape index (κ3) is 5.59. The van der Waals surface area contributed by atoms with Crippen molar-refractivity contribution in [3.8, 4) is 17.0 Å². The van der Waals surface area contributed by atoms with Gasteiger partial charge in [0.05, 0.1) is 12.6 Å². The van der Waals surface area contributed by atoms with Crippen LogP contribution in [0.5, 0.6) is 5.88 Å². The maximum absolute atomic E-state index is 14.3. The third-order valence-electron chi connectivity index (χ3n) is 6.56. The summed E-state index contributed by atoms with van der Waals surface area (Å²) in [6.45, 7) is 5.54. The molecule has 0 bridgehead atoms. The zero-order valence-corrected chi connectivity index (χ0v) is 22.7. The fourth-order valence-electron chi connectivity index (χ4n) is 4.56. The number of hydrogen-bond donors (Lipinski definition) is 2. The zero-order chi connectivity index (χ0) is 29.3. The molecule has 1 fully saturated rings. The summed E-state index contributed by atoms with van der Waals surface area (Å²) in [4.78, 5) is 28.0. The van der Waals surface area contributed by atoms with Crippen LogP contribution in [0.25, 0.3) is 22.0 Å². The Hall–Kier alpha value is -4.85. The molecule has 0 aliphatic carbocycles. The Morgan fingerprint density at radius 2 is 1.83 bits per heavy atom. The lowest BCUT2D eigenvalue weighted by atomic mass is 10.0. The first-order valence-corrected chi connectivity index (χ1v) is 13.8. The number of benzene rings is 2. The number of nitrogens with one attached hydrogen (secondary N) is 1. The highest BCUT2D eigenvalue weighted by atomic mass is 32.2. The lowest BCUT2D eigenvalue weighted by molar-refractivity contribution is -0.126. The maximum Gasteiger partial charge on any atom is 0.264 e. The average molecular weight is 582 g/mol. The highest BCUT2D eigenvalue weighted by molar-refractivity contribution is 7.92. The Labute approximate surface area is 234 Å². The summed E-state index contributed by atoms with van der Waals surface area (Å²) >= 11 is 0. The van der Waals surface area contributed by atoms with Crippen molar-refractivity contribution < 1.29 is 26.7 Å². The molecular weight excluding hydrogens is 556 g/mol. The summed E-state index contributed by atoms with van der Waals surface area (Å²) < 4.78 is 61.0. The van der Waals surface area contributed by atoms with Gasteiger partial charge in [-0.1, -0.05) is 12.6 Å². The van der Waals surface area contributed by atoms with Crippen LogP contribution in [0.4, 0.5) is 26.2 Å². The molecule has 1 aliphatic rings. The molecule has 41 heavy (non-hydrogen) atoms. The summed E-state index contributed by atoms with van der Waals surface area (Å²) in [7, 11) is -3.14. The van der Waals surface area contributed by atoms with Crippen molar-refractivity contribution >= 4 is 44.3 Å². The Morgan fingerprint density at radius 1 is 1.07 bits per heavy atom. The number of nitrogens with zero attached hydrogens (tertiary/aromatic N) is 5. The van der Waals surface area contributed by atoms with Crippen LogP contribution in [-0.2, 0) is 14.8 Å². The van der Waals surface area contributed by atoms with Crippen molar-refractivity contribution in [2.75, 3.05) is 48.6 Å². The number of nitrogen functional groups attached to an aromatic ring is 1. The molecule has 5 rings (SSSR count). The van der Waals surface area contributed by atoms with Crippen LogP contribution in [-0.4, -0.2) is 67.5 Å². The first kappa shape index (κ1) is 27.7. The van der Waals surface area contributed by atoms with Crippen LogP contribution < -0.4 is 20.1 Å². The summed E-state index contributed by atoms with van der Waals surface area (Å²) in [6, 6.07) is 9.00. The van der Waals surface area contributed by atoms with E-state index >= 15 is 0 Å². The number of carbonyl (C=O) groups is 1. The number of rotatable bonds is 7. The van der Waals surface area contributed by atoms with Crippen molar-refractivity contribution in [3.63, 3.8) is 0 Å². The minimum Gasteiger partial charge on any atom is -0.480 e. The van der Waals surface area contributed by atoms with E-state index < -0.39 is 26.6 Å². The Balaban J connectivity index is 1.51. The normalized spacial score (nSPS) is 13.7. The van der Waals surface area contributed by atoms with Gasteiger partial charge in [-0.15, -0.1) is 0 Å². The number of pyridine rings is 1. The van der Waals surface area contributed by atoms with Crippen LogP contribution in [0.3, 0.4) is 0 Å². The lowest BCUT2D eigenvalue weighted by Crippen LogP contribution is -2.48. The Kier molecular flexibility index (Phi) is 7.41. The second-order valence-corrected chi connectivity index (χ2v) is 10.8. The molecule has 3 heterocycles. The largest absolute Gasteiger partial charge is 0.480 e. The molecule has 1 aliphatic heterocycles. The van der Waals surface area contributed by atoms with Crippen molar-refractivity contribution in [2.24, 2.45) is 0 Å². The summed E-state index contributed by atoms with van der Waals surface area (Å²) in [6.07, 6.45) is 2.78. The number of piperazine rings is 1. The summed E-state index contributed by atoms with van der Waals surface area (Å²) in [5.74, 6) is -1.65. The van der Waals surface area contributed by atoms with Gasteiger partial charge in [0.15, 0.2) is 0 Å². The van der Waals surface area contributed by atoms with E-state index in [0.29, 0.717) is 60.1 Å². The topological polar surface area (TPSA) is 144 Å². The van der Waals surface area contributed by atoms with Gasteiger partial charge in [-0.25, -0.2) is 27.2 Å². The molecule has 1 saturated heterocycles. The number of anilines is 3. The van der Waals surface area contributed by atoms with Crippen LogP contribution in [0.2, 0.25) is 0 Å². The number of nitrogens with two attached hydrogens (primary N) is 1. The molecule has 1 amide bonds. The van der Waals surface area contributed by atoms with Gasteiger partial charge in [0.25, 0.3) is 10.0 Å². The summed E-state index contributed by atoms with van der Waals surface area (Å²) in [5, 5.41) is 0.687. The molecule has 4 aromatic rings. The fraction of sp³-hybridized carbons (Fsp3) is 0.185. The molecule has 0 unspecified atom stereocenters. The highest BCUT2D eigenvalue weighted by Gasteiger charge is 2.24. The minimum atomic E-state index is -4.45. The SMILES string of the molecule is C=CC(=O)N1CCN(c2nc(N)nc3ccc(-c4cnc(OC)c(NS(=O)(=O)c5ccc(F)cc5F)c4)cc23)CC1. The average Bonchev–Trinajstić information content (AvgIpc) is 2.95. The second kappa shape index (κ2) is 11.0. The van der Waals surface area contributed by atoms with Gasteiger partial charge in [0.1, 0.15) is 28.0 Å². The molecule has 0 atom stereocenters. The first-order chi connectivity index (χ1) is 19.6. The monoisotopic (exact) mass is 581 g/mol. The predicted molar refractivity (Wildman–Crippen MR) is 150 cm³/mol. The number of ether oxygens (including phenoxy) is 1. The van der Waals surface area contributed by atoms with E-state index in [2.05, 4.69) is 26.3 Å². The van der Waals surface area contributed by atoms with Crippen LogP contribution in [0.1, 0.15) is 0 Å². The molecule has 11 nitrogen and oxygen atoms in total. The summed E-state index contributed by atoms with van der Waals surface area (Å²) in [5.41, 5.74) is 7.69. The maximum atomic E-state index is 14.3. The lowest BCUT2D eigenvalue weighted by Gasteiger charge is -2.35. The van der Waals surface area contributed by atoms with Gasteiger partial charge < -0.3 is 20.3 Å². The molecule has 0 saturated carbocycles. The van der Waals surface area contributed by atoms with Crippen LogP contribution in [0.15, 0.2) is 66.2 Å². The minimum absolute atomic E-state index is 0.0504. The molecule has 3 N–H and O–H groups in total. The number of fused-ring (bicyclic) bond motifs is 1. The first-order valence-electron chi connectivity index (χ1n) is 12.4. The standard InChI is InChI=1S/C27H25F2N7O4S/c1-3-24(37)35-8-10-36(11-9-35)25-19-12-16(4-6-21(19)32-27(30)33-25)17-13-22(26(40-2)31-15-17)34-41(38,39)23-7-5-18(28)14-20(23)29/h3-7,12-15,34H,1,8-11H2,2H3,(H2,30,32,33). The highest BCUT2D eigenvalue weighted by Crippen LogP contribution is 2.34. The van der Waals surface area contributed by atoms with Crippen molar-refractivity contribution in [3.05, 3.63) is 73.0 Å². The van der Waals surface area contributed by atoms with E-state index in [1.807, 2.05) is 11.0 Å². The van der Waals surface area contributed by atoms with Crippen LogP contribution in [0, 0.1) is 11.6 Å². The number of amides is 1. The van der Waals surface area contributed by atoms with Crippen molar-refractivity contribution in [2.45, 2.75) is 4.90 Å². The van der Waals surface area contributed by atoms with E-state index in [0.717, 1.165) is 12.1 Å². The van der Waals surface area contributed by atoms with E-state index in [1.165, 1.54) is 25.4 Å². The van der Waals surface area contributed by atoms with Crippen LogP contribution >= 0.6 is 0 Å². The Morgan fingerprint density at radius 3 is 2.51 bits per heavy atom. The molecule has 2 aromatic heterocycles. The van der Waals surface area contributed by atoms with Gasteiger partial charge in [-0.3, -0.25) is 9.52 Å².